The van der Waals surface area contributed by atoms with Gasteiger partial charge in [-0.15, -0.1) is 0 Å². The van der Waals surface area contributed by atoms with Crippen molar-refractivity contribution in [3.63, 3.8) is 0 Å². The first kappa shape index (κ1) is 10.8. The number of rotatable bonds is 1. The fourth-order valence-electron chi connectivity index (χ4n) is 1.27. The second kappa shape index (κ2) is 4.43. The Morgan fingerprint density at radius 1 is 1.33 bits per heavy atom. The minimum Gasteiger partial charge on any atom is -0.234 e. The van der Waals surface area contributed by atoms with Crippen molar-refractivity contribution in [2.45, 2.75) is 13.8 Å². The molecule has 0 aliphatic heterocycles. The van der Waals surface area contributed by atoms with Crippen LogP contribution in [0.5, 0.6) is 0 Å². The molecule has 0 atom stereocenters. The number of aromatic nitrogens is 1. The first-order valence-corrected chi connectivity index (χ1v) is 6.89. The first-order valence-electron chi connectivity index (χ1n) is 4.40. The summed E-state index contributed by atoms with van der Waals surface area (Å²) >= 11 is 5.89. The van der Waals surface area contributed by atoms with Crippen LogP contribution in [-0.2, 0) is 0 Å². The number of hydrogen-bond acceptors (Lipinski definition) is 4. The normalized spacial score (nSPS) is 12.1. The lowest BCUT2D eigenvalue weighted by molar-refractivity contribution is 1.30. The molecule has 78 valence electrons. The Kier molecular flexibility index (Phi) is 3.19. The van der Waals surface area contributed by atoms with Crippen molar-refractivity contribution >= 4 is 38.2 Å². The van der Waals surface area contributed by atoms with Crippen LogP contribution in [0.1, 0.15) is 11.1 Å². The molecule has 15 heavy (non-hydrogen) atoms. The van der Waals surface area contributed by atoms with E-state index in [-0.39, 0.29) is 0 Å². The van der Waals surface area contributed by atoms with Crippen LogP contribution in [0.2, 0.25) is 5.15 Å². The second-order valence-electron chi connectivity index (χ2n) is 3.25. The summed E-state index contributed by atoms with van der Waals surface area (Å²) < 4.78 is 4.78. The van der Waals surface area contributed by atoms with Crippen LogP contribution in [-0.4, -0.2) is 4.37 Å². The summed E-state index contributed by atoms with van der Waals surface area (Å²) in [4.78, 5) is 4.48. The maximum Gasteiger partial charge on any atom is 0.179 e. The molecule has 0 aliphatic carbocycles. The topological polar surface area (TPSA) is 25.2 Å². The van der Waals surface area contributed by atoms with Gasteiger partial charge in [-0.1, -0.05) is 29.3 Å². The molecule has 5 heteroatoms. The van der Waals surface area contributed by atoms with E-state index in [2.05, 4.69) is 22.4 Å². The van der Waals surface area contributed by atoms with Gasteiger partial charge in [0.15, 0.2) is 9.82 Å². The number of halogens is 1. The maximum absolute atomic E-state index is 5.89. The van der Waals surface area contributed by atoms with Crippen molar-refractivity contribution in [3.05, 3.63) is 39.2 Å². The summed E-state index contributed by atoms with van der Waals surface area (Å²) in [6, 6.07) is 6.16. The highest BCUT2D eigenvalue weighted by atomic mass is 35.5. The predicted molar refractivity (Wildman–Crippen MR) is 66.1 cm³/mol. The van der Waals surface area contributed by atoms with Gasteiger partial charge in [0.2, 0.25) is 0 Å². The van der Waals surface area contributed by atoms with Crippen LogP contribution in [0.3, 0.4) is 0 Å². The van der Waals surface area contributed by atoms with Crippen molar-refractivity contribution in [2.24, 2.45) is 4.99 Å². The van der Waals surface area contributed by atoms with Gasteiger partial charge in [-0.05, 0) is 35.8 Å². The summed E-state index contributed by atoms with van der Waals surface area (Å²) in [5.41, 5.74) is 3.35. The molecule has 0 spiro atoms. The molecule has 0 N–H and O–H groups in total. The molecule has 2 nitrogen and oxygen atoms in total. The Balaban J connectivity index is 2.53. The standard InChI is InChI=1S/C10H9ClN2S2/c1-6-3-4-8(7(2)5-6)12-10-9(11)13-15-14-10/h3-5H,1-2H3. The summed E-state index contributed by atoms with van der Waals surface area (Å²) in [5.74, 6) is 0. The lowest BCUT2D eigenvalue weighted by atomic mass is 10.1. The van der Waals surface area contributed by atoms with E-state index in [0.29, 0.717) is 5.15 Å². The van der Waals surface area contributed by atoms with Crippen LogP contribution in [0.4, 0.5) is 5.69 Å². The summed E-state index contributed by atoms with van der Waals surface area (Å²) in [7, 11) is 2.85. The number of nitrogens with zero attached hydrogens (tertiary/aromatic N) is 2. The molecule has 0 saturated carbocycles. The molecule has 1 aromatic heterocycles. The second-order valence-corrected chi connectivity index (χ2v) is 5.44. The van der Waals surface area contributed by atoms with Crippen molar-refractivity contribution < 1.29 is 0 Å². The van der Waals surface area contributed by atoms with E-state index in [9.17, 15) is 0 Å². The molecule has 0 fully saturated rings. The van der Waals surface area contributed by atoms with E-state index in [0.717, 1.165) is 15.9 Å². The van der Waals surface area contributed by atoms with E-state index in [1.807, 2.05) is 19.1 Å². The average Bonchev–Trinajstić information content (AvgIpc) is 2.57. The third-order valence-corrected chi connectivity index (χ3v) is 4.16. The number of hydrogen-bond donors (Lipinski definition) is 0. The molecule has 1 heterocycles. The molecule has 0 bridgehead atoms. The molecule has 2 aromatic rings. The minimum absolute atomic E-state index is 0.491. The van der Waals surface area contributed by atoms with Crippen LogP contribution >= 0.6 is 32.5 Å². The molecule has 0 radical (unpaired) electrons. The first-order chi connectivity index (χ1) is 7.16. The average molecular weight is 257 g/mol. The van der Waals surface area contributed by atoms with Crippen molar-refractivity contribution in [1.29, 1.82) is 0 Å². The Morgan fingerprint density at radius 3 is 2.73 bits per heavy atom. The van der Waals surface area contributed by atoms with Gasteiger partial charge in [-0.3, -0.25) is 0 Å². The van der Waals surface area contributed by atoms with Gasteiger partial charge >= 0.3 is 0 Å². The monoisotopic (exact) mass is 256 g/mol. The fourth-order valence-corrected chi connectivity index (χ4v) is 3.25. The van der Waals surface area contributed by atoms with Gasteiger partial charge in [-0.25, -0.2) is 4.99 Å². The molecular formula is C10H9ClN2S2. The third-order valence-electron chi connectivity index (χ3n) is 1.98. The molecule has 0 saturated heterocycles. The highest BCUT2D eigenvalue weighted by Gasteiger charge is 1.99. The SMILES string of the molecule is Cc1ccc(N=c2ssnc2Cl)c(C)c1. The van der Waals surface area contributed by atoms with Gasteiger partial charge in [0.05, 0.1) is 5.69 Å². The van der Waals surface area contributed by atoms with Crippen LogP contribution < -0.4 is 4.67 Å². The highest BCUT2D eigenvalue weighted by Crippen LogP contribution is 2.19. The molecule has 2 rings (SSSR count). The molecule has 0 unspecified atom stereocenters. The van der Waals surface area contributed by atoms with Crippen molar-refractivity contribution in [1.82, 2.24) is 4.37 Å². The molecule has 0 amide bonds. The molecule has 1 aromatic carbocycles. The Hall–Kier alpha value is -0.710. The van der Waals surface area contributed by atoms with Gasteiger partial charge in [0.25, 0.3) is 0 Å². The van der Waals surface area contributed by atoms with Gasteiger partial charge in [-0.2, -0.15) is 4.37 Å². The van der Waals surface area contributed by atoms with Crippen LogP contribution in [0, 0.1) is 13.8 Å². The zero-order valence-electron chi connectivity index (χ0n) is 8.32. The third kappa shape index (κ3) is 2.45. The van der Waals surface area contributed by atoms with E-state index < -0.39 is 0 Å². The van der Waals surface area contributed by atoms with E-state index in [4.69, 9.17) is 11.6 Å². The number of aryl methyl sites for hydroxylation is 2. The molecular weight excluding hydrogens is 248 g/mol. The van der Waals surface area contributed by atoms with Gasteiger partial charge < -0.3 is 0 Å². The van der Waals surface area contributed by atoms with E-state index >= 15 is 0 Å². The Bertz CT molecular complexity index is 542. The lowest BCUT2D eigenvalue weighted by Crippen LogP contribution is -1.93. The van der Waals surface area contributed by atoms with E-state index in [1.165, 1.54) is 26.4 Å². The smallest absolute Gasteiger partial charge is 0.179 e. The summed E-state index contributed by atoms with van der Waals surface area (Å²) in [5, 5.41) is 0.491. The zero-order valence-corrected chi connectivity index (χ0v) is 10.7. The van der Waals surface area contributed by atoms with Crippen LogP contribution in [0.25, 0.3) is 0 Å². The van der Waals surface area contributed by atoms with Gasteiger partial charge in [0, 0.05) is 10.5 Å². The van der Waals surface area contributed by atoms with Crippen molar-refractivity contribution in [2.75, 3.05) is 0 Å². The Morgan fingerprint density at radius 2 is 2.13 bits per heavy atom. The summed E-state index contributed by atoms with van der Waals surface area (Å²) in [6.07, 6.45) is 0. The van der Waals surface area contributed by atoms with Crippen LogP contribution in [0.15, 0.2) is 23.2 Å². The minimum atomic E-state index is 0.491. The largest absolute Gasteiger partial charge is 0.234 e. The highest BCUT2D eigenvalue weighted by molar-refractivity contribution is 7.66. The molecule has 0 aliphatic rings. The van der Waals surface area contributed by atoms with Gasteiger partial charge in [0.1, 0.15) is 0 Å². The zero-order chi connectivity index (χ0) is 10.8. The summed E-state index contributed by atoms with van der Waals surface area (Å²) in [6.45, 7) is 4.11. The number of benzene rings is 1. The fraction of sp³-hybridized carbons (Fsp3) is 0.200. The predicted octanol–water partition coefficient (Wildman–Crippen LogP) is 3.71. The van der Waals surface area contributed by atoms with E-state index in [1.54, 1.807) is 0 Å². The van der Waals surface area contributed by atoms with Crippen molar-refractivity contribution in [3.8, 4) is 0 Å². The maximum atomic E-state index is 5.89. The lowest BCUT2D eigenvalue weighted by Gasteiger charge is -1.99. The Labute approximate surface area is 100 Å². The quantitative estimate of drug-likeness (QED) is 0.714.